The fourth-order valence-electron chi connectivity index (χ4n) is 0.519. The van der Waals surface area contributed by atoms with E-state index in [0.29, 0.717) is 4.32 Å². The molecular weight excluding hydrogens is 152 g/mol. The van der Waals surface area contributed by atoms with Crippen LogP contribution in [-0.2, 0) is 0 Å². The standard InChI is InChI=1S/C5H6N2S2/c8-5(9)6-7-3-1-2-4-7/h1-4H,(H2,6,8,9). The Hall–Kier alpha value is -0.480. The molecule has 0 saturated carbocycles. The zero-order valence-corrected chi connectivity index (χ0v) is 6.32. The summed E-state index contributed by atoms with van der Waals surface area (Å²) in [4.78, 5) is 0. The lowest BCUT2D eigenvalue weighted by Crippen LogP contribution is -2.13. The Labute approximate surface area is 64.2 Å². The summed E-state index contributed by atoms with van der Waals surface area (Å²) >= 11 is 8.56. The molecule has 0 saturated heterocycles. The van der Waals surface area contributed by atoms with Gasteiger partial charge in [-0.25, -0.2) is 0 Å². The molecule has 48 valence electrons. The van der Waals surface area contributed by atoms with Crippen LogP contribution in [0.2, 0.25) is 0 Å². The van der Waals surface area contributed by atoms with Gasteiger partial charge in [-0.2, -0.15) is 0 Å². The lowest BCUT2D eigenvalue weighted by molar-refractivity contribution is 1.00. The number of thiol groups is 1. The monoisotopic (exact) mass is 158 g/mol. The first kappa shape index (κ1) is 6.64. The van der Waals surface area contributed by atoms with Crippen LogP contribution in [0.25, 0.3) is 0 Å². The maximum absolute atomic E-state index is 4.68. The molecule has 9 heavy (non-hydrogen) atoms. The van der Waals surface area contributed by atoms with Gasteiger partial charge < -0.3 is 0 Å². The lowest BCUT2D eigenvalue weighted by atomic mass is 10.7. The van der Waals surface area contributed by atoms with Crippen LogP contribution in [0, 0.1) is 0 Å². The molecule has 2 nitrogen and oxygen atoms in total. The third kappa shape index (κ3) is 2.07. The Morgan fingerprint density at radius 2 is 2.00 bits per heavy atom. The first-order chi connectivity index (χ1) is 4.29. The number of hydrogen-bond donors (Lipinski definition) is 2. The van der Waals surface area contributed by atoms with Gasteiger partial charge in [0, 0.05) is 12.4 Å². The average Bonchev–Trinajstić information content (AvgIpc) is 2.15. The highest BCUT2D eigenvalue weighted by Crippen LogP contribution is 1.87. The summed E-state index contributed by atoms with van der Waals surface area (Å²) in [5.41, 5.74) is 2.80. The second-order valence-corrected chi connectivity index (χ2v) is 2.67. The highest BCUT2D eigenvalue weighted by Gasteiger charge is 1.84. The van der Waals surface area contributed by atoms with Crippen molar-refractivity contribution in [2.24, 2.45) is 0 Å². The van der Waals surface area contributed by atoms with Crippen LogP contribution in [0.5, 0.6) is 0 Å². The summed E-state index contributed by atoms with van der Waals surface area (Å²) in [6, 6.07) is 3.80. The van der Waals surface area contributed by atoms with Gasteiger partial charge in [-0.1, -0.05) is 12.2 Å². The highest BCUT2D eigenvalue weighted by atomic mass is 32.1. The van der Waals surface area contributed by atoms with Gasteiger partial charge in [0.15, 0.2) is 0 Å². The van der Waals surface area contributed by atoms with Gasteiger partial charge in [0.2, 0.25) is 0 Å². The Morgan fingerprint density at radius 1 is 1.44 bits per heavy atom. The summed E-state index contributed by atoms with van der Waals surface area (Å²) in [5, 5.41) is 0. The molecule has 1 rings (SSSR count). The molecule has 0 aliphatic heterocycles. The van der Waals surface area contributed by atoms with Crippen LogP contribution >= 0.6 is 24.8 Å². The predicted molar refractivity (Wildman–Crippen MR) is 45.4 cm³/mol. The third-order valence-electron chi connectivity index (χ3n) is 0.829. The van der Waals surface area contributed by atoms with E-state index in [4.69, 9.17) is 0 Å². The van der Waals surface area contributed by atoms with Crippen LogP contribution in [-0.4, -0.2) is 9.00 Å². The predicted octanol–water partition coefficient (Wildman–Crippen LogP) is 1.25. The fraction of sp³-hybridized carbons (Fsp3) is 0. The minimum atomic E-state index is 0.464. The molecule has 1 aromatic rings. The maximum Gasteiger partial charge on any atom is 0.149 e. The number of nitrogens with one attached hydrogen (secondary N) is 1. The first-order valence-electron chi connectivity index (χ1n) is 2.42. The van der Waals surface area contributed by atoms with Crippen molar-refractivity contribution in [3.63, 3.8) is 0 Å². The summed E-state index contributed by atoms with van der Waals surface area (Å²) < 4.78 is 2.20. The first-order valence-corrected chi connectivity index (χ1v) is 3.27. The molecule has 4 heteroatoms. The molecule has 0 fully saturated rings. The minimum Gasteiger partial charge on any atom is -0.279 e. The smallest absolute Gasteiger partial charge is 0.149 e. The van der Waals surface area contributed by atoms with Crippen LogP contribution in [0.1, 0.15) is 0 Å². The van der Waals surface area contributed by atoms with Gasteiger partial charge in [-0.15, -0.1) is 12.6 Å². The number of aromatic nitrogens is 1. The van der Waals surface area contributed by atoms with Crippen molar-refractivity contribution in [3.05, 3.63) is 24.5 Å². The molecule has 0 aliphatic rings. The third-order valence-corrected chi connectivity index (χ3v) is 1.02. The number of hydrogen-bond acceptors (Lipinski definition) is 1. The van der Waals surface area contributed by atoms with E-state index < -0.39 is 0 Å². The van der Waals surface area contributed by atoms with E-state index in [1.807, 2.05) is 24.5 Å². The van der Waals surface area contributed by atoms with E-state index in [0.717, 1.165) is 0 Å². The van der Waals surface area contributed by atoms with E-state index in [1.54, 1.807) is 4.68 Å². The van der Waals surface area contributed by atoms with Crippen molar-refractivity contribution < 1.29 is 0 Å². The van der Waals surface area contributed by atoms with Gasteiger partial charge in [-0.3, -0.25) is 10.1 Å². The molecule has 0 bridgehead atoms. The number of rotatable bonds is 1. The Morgan fingerprint density at radius 3 is 2.44 bits per heavy atom. The normalized spacial score (nSPS) is 9.00. The number of thiocarbonyl (C=S) groups is 1. The number of nitrogens with zero attached hydrogens (tertiary/aromatic N) is 1. The molecule has 1 aromatic heterocycles. The van der Waals surface area contributed by atoms with Gasteiger partial charge in [0.25, 0.3) is 0 Å². The second kappa shape index (κ2) is 2.89. The zero-order chi connectivity index (χ0) is 6.69. The maximum atomic E-state index is 4.68. The van der Waals surface area contributed by atoms with Crippen LogP contribution in [0.3, 0.4) is 0 Å². The average molecular weight is 158 g/mol. The quantitative estimate of drug-likeness (QED) is 0.473. The lowest BCUT2D eigenvalue weighted by Gasteiger charge is -2.01. The molecule has 0 atom stereocenters. The van der Waals surface area contributed by atoms with Crippen molar-refractivity contribution >= 4 is 29.2 Å². The van der Waals surface area contributed by atoms with E-state index >= 15 is 0 Å². The Balaban J connectivity index is 2.58. The molecule has 0 unspecified atom stereocenters. The van der Waals surface area contributed by atoms with Crippen LogP contribution in [0.4, 0.5) is 0 Å². The van der Waals surface area contributed by atoms with Crippen molar-refractivity contribution in [1.82, 2.24) is 4.68 Å². The second-order valence-electron chi connectivity index (χ2n) is 1.51. The Kier molecular flexibility index (Phi) is 2.13. The molecule has 1 heterocycles. The van der Waals surface area contributed by atoms with E-state index in [1.165, 1.54) is 0 Å². The molecule has 0 spiro atoms. The van der Waals surface area contributed by atoms with Gasteiger partial charge >= 0.3 is 0 Å². The van der Waals surface area contributed by atoms with Crippen LogP contribution < -0.4 is 5.43 Å². The molecule has 0 aromatic carbocycles. The van der Waals surface area contributed by atoms with E-state index in [9.17, 15) is 0 Å². The van der Waals surface area contributed by atoms with Crippen molar-refractivity contribution in [1.29, 1.82) is 0 Å². The summed E-state index contributed by atoms with van der Waals surface area (Å²) in [5.74, 6) is 0. The summed E-state index contributed by atoms with van der Waals surface area (Å²) in [6.45, 7) is 0. The van der Waals surface area contributed by atoms with Gasteiger partial charge in [-0.05, 0) is 12.1 Å². The minimum absolute atomic E-state index is 0.464. The Bertz CT molecular complexity index is 193. The van der Waals surface area contributed by atoms with E-state index in [-0.39, 0.29) is 0 Å². The SMILES string of the molecule is S=C(S)Nn1cccc1. The molecule has 1 N–H and O–H groups in total. The summed E-state index contributed by atoms with van der Waals surface area (Å²) in [7, 11) is 0. The largest absolute Gasteiger partial charge is 0.279 e. The molecular formula is C5H6N2S2. The van der Waals surface area contributed by atoms with Crippen molar-refractivity contribution in [3.8, 4) is 0 Å². The van der Waals surface area contributed by atoms with Crippen LogP contribution in [0.15, 0.2) is 24.5 Å². The highest BCUT2D eigenvalue weighted by molar-refractivity contribution is 8.11. The molecule has 0 aliphatic carbocycles. The summed E-state index contributed by atoms with van der Waals surface area (Å²) in [6.07, 6.45) is 3.70. The van der Waals surface area contributed by atoms with Crippen molar-refractivity contribution in [2.45, 2.75) is 0 Å². The van der Waals surface area contributed by atoms with E-state index in [2.05, 4.69) is 30.3 Å². The van der Waals surface area contributed by atoms with Gasteiger partial charge in [0.1, 0.15) is 4.32 Å². The van der Waals surface area contributed by atoms with Gasteiger partial charge in [0.05, 0.1) is 0 Å². The van der Waals surface area contributed by atoms with Crippen molar-refractivity contribution in [2.75, 3.05) is 5.43 Å². The molecule has 0 radical (unpaired) electrons. The topological polar surface area (TPSA) is 17.0 Å². The zero-order valence-electron chi connectivity index (χ0n) is 4.61. The fourth-order valence-corrected chi connectivity index (χ4v) is 0.740. The molecule has 0 amide bonds.